The lowest BCUT2D eigenvalue weighted by molar-refractivity contribution is 0.434. The second kappa shape index (κ2) is 6.33. The van der Waals surface area contributed by atoms with Crippen molar-refractivity contribution in [2.45, 2.75) is 0 Å². The van der Waals surface area contributed by atoms with E-state index < -0.39 is 11.6 Å². The number of anilines is 3. The highest BCUT2D eigenvalue weighted by Crippen LogP contribution is 2.32. The van der Waals surface area contributed by atoms with Gasteiger partial charge in [0.25, 0.3) is 0 Å². The molecule has 116 valence electrons. The molecule has 1 aliphatic rings. The summed E-state index contributed by atoms with van der Waals surface area (Å²) in [6.45, 7) is 3.51. The van der Waals surface area contributed by atoms with E-state index in [1.807, 2.05) is 0 Å². The van der Waals surface area contributed by atoms with Crippen molar-refractivity contribution in [3.63, 3.8) is 0 Å². The van der Waals surface area contributed by atoms with Crippen LogP contribution in [-0.2, 0) is 0 Å². The van der Waals surface area contributed by atoms with E-state index in [1.165, 1.54) is 12.1 Å². The molecule has 0 amide bonds. The molecule has 1 aromatic heterocycles. The number of aromatic nitrogens is 2. The van der Waals surface area contributed by atoms with Crippen molar-refractivity contribution in [1.29, 1.82) is 0 Å². The molecule has 1 aromatic carbocycles. The smallest absolute Gasteiger partial charge is 0.225 e. The fourth-order valence-corrected chi connectivity index (χ4v) is 2.35. The zero-order valence-corrected chi connectivity index (χ0v) is 12.4. The molecule has 6 nitrogen and oxygen atoms in total. The van der Waals surface area contributed by atoms with Crippen molar-refractivity contribution < 1.29 is 9.50 Å². The Morgan fingerprint density at radius 3 is 2.59 bits per heavy atom. The quantitative estimate of drug-likeness (QED) is 0.803. The highest BCUT2D eigenvalue weighted by Gasteiger charge is 2.14. The second-order valence-corrected chi connectivity index (χ2v) is 5.30. The maximum absolute atomic E-state index is 13.9. The molecular formula is C14H15ClFN5O. The van der Waals surface area contributed by atoms with Crippen LogP contribution in [0, 0.1) is 5.82 Å². The number of nitrogens with zero attached hydrogens (tertiary/aromatic N) is 3. The van der Waals surface area contributed by atoms with E-state index in [9.17, 15) is 9.50 Å². The van der Waals surface area contributed by atoms with Gasteiger partial charge in [-0.05, 0) is 12.1 Å². The number of aromatic hydroxyl groups is 1. The van der Waals surface area contributed by atoms with Crippen LogP contribution in [0.15, 0.2) is 24.5 Å². The van der Waals surface area contributed by atoms with Gasteiger partial charge in [0.1, 0.15) is 0 Å². The number of phenolic OH excluding ortho intramolecular Hbond substituents is 1. The number of halogens is 2. The second-order valence-electron chi connectivity index (χ2n) is 4.89. The van der Waals surface area contributed by atoms with E-state index in [-0.39, 0.29) is 10.7 Å². The van der Waals surface area contributed by atoms with E-state index in [0.29, 0.717) is 11.6 Å². The number of nitrogens with one attached hydrogen (secondary N) is 2. The number of rotatable bonds is 3. The van der Waals surface area contributed by atoms with Crippen molar-refractivity contribution in [2.24, 2.45) is 0 Å². The molecule has 0 atom stereocenters. The highest BCUT2D eigenvalue weighted by molar-refractivity contribution is 6.32. The minimum Gasteiger partial charge on any atom is -0.504 e. The summed E-state index contributed by atoms with van der Waals surface area (Å²) in [5.41, 5.74) is 0.639. The third-order valence-electron chi connectivity index (χ3n) is 3.38. The Labute approximate surface area is 132 Å². The molecule has 2 aromatic rings. The van der Waals surface area contributed by atoms with Gasteiger partial charge < -0.3 is 20.6 Å². The van der Waals surface area contributed by atoms with Gasteiger partial charge in [0.2, 0.25) is 5.95 Å². The molecule has 8 heteroatoms. The third kappa shape index (κ3) is 3.05. The van der Waals surface area contributed by atoms with Crippen LogP contribution in [0.4, 0.5) is 21.7 Å². The maximum Gasteiger partial charge on any atom is 0.225 e. The zero-order chi connectivity index (χ0) is 15.5. The average molecular weight is 324 g/mol. The van der Waals surface area contributed by atoms with Crippen LogP contribution in [0.1, 0.15) is 0 Å². The first kappa shape index (κ1) is 14.8. The first-order valence-corrected chi connectivity index (χ1v) is 7.24. The molecule has 0 spiro atoms. The van der Waals surface area contributed by atoms with Crippen LogP contribution in [0.5, 0.6) is 5.75 Å². The van der Waals surface area contributed by atoms with Gasteiger partial charge in [0.05, 0.1) is 28.8 Å². The predicted octanol–water partition coefficient (Wildman–Crippen LogP) is 2.13. The molecule has 0 aliphatic carbocycles. The number of piperazine rings is 1. The van der Waals surface area contributed by atoms with Crippen molar-refractivity contribution in [3.05, 3.63) is 35.4 Å². The summed E-state index contributed by atoms with van der Waals surface area (Å²) in [7, 11) is 0. The molecule has 0 saturated carbocycles. The van der Waals surface area contributed by atoms with Gasteiger partial charge in [-0.15, -0.1) is 0 Å². The standard InChI is InChI=1S/C14H15ClFN5O/c15-10-1-2-11(12(16)13(10)22)20-9-7-18-14(19-8-9)21-5-3-17-4-6-21/h1-2,7-8,17,20,22H,3-6H2. The van der Waals surface area contributed by atoms with Gasteiger partial charge in [-0.2, -0.15) is 0 Å². The molecule has 2 heterocycles. The molecule has 1 fully saturated rings. The van der Waals surface area contributed by atoms with Crippen LogP contribution in [0.2, 0.25) is 5.02 Å². The SMILES string of the molecule is Oc1c(Cl)ccc(Nc2cnc(N3CCNCC3)nc2)c1F. The molecule has 0 radical (unpaired) electrons. The molecule has 3 N–H and O–H groups in total. The Morgan fingerprint density at radius 1 is 1.23 bits per heavy atom. The maximum atomic E-state index is 13.9. The van der Waals surface area contributed by atoms with Crippen LogP contribution in [-0.4, -0.2) is 41.3 Å². The Hall–Kier alpha value is -2.12. The van der Waals surface area contributed by atoms with Gasteiger partial charge in [-0.25, -0.2) is 14.4 Å². The molecule has 3 rings (SSSR count). The lowest BCUT2D eigenvalue weighted by atomic mass is 10.2. The summed E-state index contributed by atoms with van der Waals surface area (Å²) in [5, 5.41) is 15.5. The summed E-state index contributed by atoms with van der Waals surface area (Å²) in [6, 6.07) is 2.86. The van der Waals surface area contributed by atoms with Crippen LogP contribution in [0.25, 0.3) is 0 Å². The van der Waals surface area contributed by atoms with E-state index in [4.69, 9.17) is 11.6 Å². The summed E-state index contributed by atoms with van der Waals surface area (Å²) < 4.78 is 13.9. The minimum atomic E-state index is -0.807. The van der Waals surface area contributed by atoms with Gasteiger partial charge in [0.15, 0.2) is 11.6 Å². The number of hydrogen-bond acceptors (Lipinski definition) is 6. The number of benzene rings is 1. The molecular weight excluding hydrogens is 309 g/mol. The van der Waals surface area contributed by atoms with Crippen molar-refractivity contribution in [2.75, 3.05) is 36.4 Å². The molecule has 0 bridgehead atoms. The summed E-state index contributed by atoms with van der Waals surface area (Å²) in [6.07, 6.45) is 3.16. The van der Waals surface area contributed by atoms with Crippen molar-refractivity contribution in [1.82, 2.24) is 15.3 Å². The minimum absolute atomic E-state index is 0.0339. The van der Waals surface area contributed by atoms with Crippen molar-refractivity contribution >= 4 is 28.9 Å². The first-order valence-electron chi connectivity index (χ1n) is 6.87. The molecule has 1 saturated heterocycles. The Kier molecular flexibility index (Phi) is 4.26. The van der Waals surface area contributed by atoms with Crippen LogP contribution < -0.4 is 15.5 Å². The summed E-state index contributed by atoms with van der Waals surface area (Å²) in [4.78, 5) is 10.6. The van der Waals surface area contributed by atoms with Gasteiger partial charge in [-0.3, -0.25) is 0 Å². The third-order valence-corrected chi connectivity index (χ3v) is 3.69. The normalized spacial score (nSPS) is 14.9. The number of hydrogen-bond donors (Lipinski definition) is 3. The lowest BCUT2D eigenvalue weighted by Crippen LogP contribution is -2.44. The largest absolute Gasteiger partial charge is 0.504 e. The van der Waals surface area contributed by atoms with Gasteiger partial charge >= 0.3 is 0 Å². The number of phenols is 1. The molecule has 22 heavy (non-hydrogen) atoms. The van der Waals surface area contributed by atoms with Crippen LogP contribution >= 0.6 is 11.6 Å². The fraction of sp³-hybridized carbons (Fsp3) is 0.286. The lowest BCUT2D eigenvalue weighted by Gasteiger charge is -2.27. The van der Waals surface area contributed by atoms with Crippen molar-refractivity contribution in [3.8, 4) is 5.75 Å². The zero-order valence-electron chi connectivity index (χ0n) is 11.7. The first-order chi connectivity index (χ1) is 10.6. The van der Waals surface area contributed by atoms with E-state index in [0.717, 1.165) is 26.2 Å². The Bertz CT molecular complexity index is 661. The molecule has 1 aliphatic heterocycles. The Morgan fingerprint density at radius 2 is 1.91 bits per heavy atom. The van der Waals surface area contributed by atoms with Gasteiger partial charge in [0, 0.05) is 26.2 Å². The van der Waals surface area contributed by atoms with E-state index >= 15 is 0 Å². The van der Waals surface area contributed by atoms with E-state index in [1.54, 1.807) is 12.4 Å². The van der Waals surface area contributed by atoms with Crippen LogP contribution in [0.3, 0.4) is 0 Å². The average Bonchev–Trinajstić information content (AvgIpc) is 2.57. The molecule has 0 unspecified atom stereocenters. The van der Waals surface area contributed by atoms with Gasteiger partial charge in [-0.1, -0.05) is 11.6 Å². The summed E-state index contributed by atoms with van der Waals surface area (Å²) in [5.74, 6) is -0.741. The fourth-order valence-electron chi connectivity index (χ4n) is 2.21. The topological polar surface area (TPSA) is 73.3 Å². The Balaban J connectivity index is 1.75. The van der Waals surface area contributed by atoms with E-state index in [2.05, 4.69) is 25.5 Å². The summed E-state index contributed by atoms with van der Waals surface area (Å²) >= 11 is 5.64. The predicted molar refractivity (Wildman–Crippen MR) is 83.5 cm³/mol. The monoisotopic (exact) mass is 323 g/mol. The highest BCUT2D eigenvalue weighted by atomic mass is 35.5.